The van der Waals surface area contributed by atoms with Gasteiger partial charge in [-0.25, -0.2) is 4.79 Å². The zero-order chi connectivity index (χ0) is 10.6. The number of aryl methyl sites for hydroxylation is 2. The van der Waals surface area contributed by atoms with Crippen LogP contribution in [-0.4, -0.2) is 22.8 Å². The van der Waals surface area contributed by atoms with Gasteiger partial charge in [-0.2, -0.15) is 0 Å². The van der Waals surface area contributed by atoms with Crippen molar-refractivity contribution in [3.05, 3.63) is 34.9 Å². The number of aliphatic hydroxyl groups is 1. The van der Waals surface area contributed by atoms with E-state index in [9.17, 15) is 4.79 Å². The van der Waals surface area contributed by atoms with Crippen molar-refractivity contribution in [2.24, 2.45) is 0 Å². The van der Waals surface area contributed by atoms with Gasteiger partial charge >= 0.3 is 5.97 Å². The van der Waals surface area contributed by atoms with Gasteiger partial charge in [0.15, 0.2) is 0 Å². The Labute approximate surface area is 83.0 Å². The van der Waals surface area contributed by atoms with E-state index in [-0.39, 0.29) is 6.61 Å². The summed E-state index contributed by atoms with van der Waals surface area (Å²) >= 11 is 0. The molecule has 0 bridgehead atoms. The number of carbonyl (C=O) groups is 1. The summed E-state index contributed by atoms with van der Waals surface area (Å²) in [7, 11) is 0. The highest BCUT2D eigenvalue weighted by Crippen LogP contribution is 2.13. The Morgan fingerprint density at radius 3 is 2.71 bits per heavy atom. The van der Waals surface area contributed by atoms with E-state index in [0.717, 1.165) is 11.1 Å². The van der Waals surface area contributed by atoms with Crippen molar-refractivity contribution < 1.29 is 15.0 Å². The molecule has 0 heterocycles. The first-order chi connectivity index (χ1) is 6.65. The van der Waals surface area contributed by atoms with Gasteiger partial charge < -0.3 is 10.2 Å². The lowest BCUT2D eigenvalue weighted by Crippen LogP contribution is -2.03. The number of aromatic carboxylic acids is 1. The van der Waals surface area contributed by atoms with Crippen LogP contribution in [0.15, 0.2) is 18.2 Å². The van der Waals surface area contributed by atoms with Gasteiger partial charge in [0.25, 0.3) is 0 Å². The summed E-state index contributed by atoms with van der Waals surface area (Å²) in [5.74, 6) is -0.905. The molecule has 76 valence electrons. The molecular formula is C11H14O3. The van der Waals surface area contributed by atoms with Gasteiger partial charge in [-0.3, -0.25) is 0 Å². The van der Waals surface area contributed by atoms with Crippen molar-refractivity contribution in [1.29, 1.82) is 0 Å². The summed E-state index contributed by atoms with van der Waals surface area (Å²) in [6.07, 6.45) is 1.21. The third-order valence-electron chi connectivity index (χ3n) is 2.10. The fourth-order valence-electron chi connectivity index (χ4n) is 1.41. The number of hydrogen-bond acceptors (Lipinski definition) is 2. The van der Waals surface area contributed by atoms with Gasteiger partial charge in [-0.15, -0.1) is 0 Å². The molecule has 0 aliphatic carbocycles. The van der Waals surface area contributed by atoms with E-state index in [1.165, 1.54) is 0 Å². The quantitative estimate of drug-likeness (QED) is 0.765. The fourth-order valence-corrected chi connectivity index (χ4v) is 1.41. The summed E-state index contributed by atoms with van der Waals surface area (Å²) in [5.41, 5.74) is 2.18. The van der Waals surface area contributed by atoms with Crippen LogP contribution in [0.2, 0.25) is 0 Å². The standard InChI is InChI=1S/C11H14O3/c1-8-4-5-10(11(13)14)9(7-8)3-2-6-12/h4-5,7,12H,2-3,6H2,1H3,(H,13,14). The van der Waals surface area contributed by atoms with Crippen LogP contribution in [0, 0.1) is 6.92 Å². The molecule has 0 radical (unpaired) electrons. The molecule has 2 N–H and O–H groups in total. The predicted molar refractivity (Wildman–Crippen MR) is 53.5 cm³/mol. The molecule has 0 unspecified atom stereocenters. The minimum atomic E-state index is -0.905. The van der Waals surface area contributed by atoms with Gasteiger partial charge in [0.2, 0.25) is 0 Å². The number of benzene rings is 1. The second-order valence-corrected chi connectivity index (χ2v) is 3.29. The van der Waals surface area contributed by atoms with Crippen LogP contribution in [0.25, 0.3) is 0 Å². The summed E-state index contributed by atoms with van der Waals surface area (Å²) in [6, 6.07) is 5.26. The highest BCUT2D eigenvalue weighted by molar-refractivity contribution is 5.89. The Bertz CT molecular complexity index is 331. The fraction of sp³-hybridized carbons (Fsp3) is 0.364. The van der Waals surface area contributed by atoms with Crippen molar-refractivity contribution >= 4 is 5.97 Å². The zero-order valence-electron chi connectivity index (χ0n) is 8.16. The summed E-state index contributed by atoms with van der Waals surface area (Å²) in [5, 5.41) is 17.6. The molecule has 0 amide bonds. The maximum Gasteiger partial charge on any atom is 0.335 e. The van der Waals surface area contributed by atoms with Crippen molar-refractivity contribution in [1.82, 2.24) is 0 Å². The van der Waals surface area contributed by atoms with E-state index < -0.39 is 5.97 Å². The molecular weight excluding hydrogens is 180 g/mol. The molecule has 1 rings (SSSR count). The highest BCUT2D eigenvalue weighted by atomic mass is 16.4. The minimum Gasteiger partial charge on any atom is -0.478 e. The van der Waals surface area contributed by atoms with Crippen LogP contribution in [0.3, 0.4) is 0 Å². The molecule has 14 heavy (non-hydrogen) atoms. The average molecular weight is 194 g/mol. The van der Waals surface area contributed by atoms with Crippen LogP contribution in [0.1, 0.15) is 27.9 Å². The molecule has 0 aliphatic rings. The average Bonchev–Trinajstić information content (AvgIpc) is 2.14. The molecule has 3 heteroatoms. The van der Waals surface area contributed by atoms with E-state index in [1.54, 1.807) is 12.1 Å². The Morgan fingerprint density at radius 1 is 1.43 bits per heavy atom. The van der Waals surface area contributed by atoms with Crippen LogP contribution < -0.4 is 0 Å². The number of aliphatic hydroxyl groups excluding tert-OH is 1. The van der Waals surface area contributed by atoms with Crippen molar-refractivity contribution in [2.75, 3.05) is 6.61 Å². The second kappa shape index (κ2) is 4.77. The van der Waals surface area contributed by atoms with Crippen LogP contribution in [-0.2, 0) is 6.42 Å². The zero-order valence-corrected chi connectivity index (χ0v) is 8.16. The van der Waals surface area contributed by atoms with E-state index in [1.807, 2.05) is 13.0 Å². The Hall–Kier alpha value is -1.35. The molecule has 0 fully saturated rings. The minimum absolute atomic E-state index is 0.0903. The third-order valence-corrected chi connectivity index (χ3v) is 2.10. The lowest BCUT2D eigenvalue weighted by molar-refractivity contribution is 0.0695. The van der Waals surface area contributed by atoms with Crippen molar-refractivity contribution in [2.45, 2.75) is 19.8 Å². The van der Waals surface area contributed by atoms with Crippen LogP contribution in [0.5, 0.6) is 0 Å². The molecule has 0 saturated carbocycles. The first-order valence-corrected chi connectivity index (χ1v) is 4.59. The predicted octanol–water partition coefficient (Wildman–Crippen LogP) is 1.62. The molecule has 1 aromatic rings. The Balaban J connectivity index is 2.97. The number of hydrogen-bond donors (Lipinski definition) is 2. The van der Waals surface area contributed by atoms with E-state index in [4.69, 9.17) is 10.2 Å². The topological polar surface area (TPSA) is 57.5 Å². The summed E-state index contributed by atoms with van der Waals surface area (Å²) < 4.78 is 0. The van der Waals surface area contributed by atoms with Gasteiger partial charge in [-0.1, -0.05) is 17.7 Å². The Kier molecular flexibility index (Phi) is 3.65. The van der Waals surface area contributed by atoms with Gasteiger partial charge in [-0.05, 0) is 31.4 Å². The molecule has 0 aliphatic heterocycles. The van der Waals surface area contributed by atoms with Gasteiger partial charge in [0.05, 0.1) is 5.56 Å². The van der Waals surface area contributed by atoms with Gasteiger partial charge in [0.1, 0.15) is 0 Å². The number of rotatable bonds is 4. The molecule has 0 saturated heterocycles. The van der Waals surface area contributed by atoms with Crippen LogP contribution >= 0.6 is 0 Å². The normalized spacial score (nSPS) is 10.1. The van der Waals surface area contributed by atoms with Crippen molar-refractivity contribution in [3.8, 4) is 0 Å². The maximum absolute atomic E-state index is 10.8. The summed E-state index contributed by atoms with van der Waals surface area (Å²) in [4.78, 5) is 10.8. The number of carboxylic acids is 1. The van der Waals surface area contributed by atoms with E-state index >= 15 is 0 Å². The monoisotopic (exact) mass is 194 g/mol. The SMILES string of the molecule is Cc1ccc(C(=O)O)c(CCCO)c1. The molecule has 0 atom stereocenters. The third kappa shape index (κ3) is 2.57. The lowest BCUT2D eigenvalue weighted by atomic mass is 10.0. The smallest absolute Gasteiger partial charge is 0.335 e. The summed E-state index contributed by atoms with van der Waals surface area (Å²) in [6.45, 7) is 2.01. The largest absolute Gasteiger partial charge is 0.478 e. The van der Waals surface area contributed by atoms with Crippen molar-refractivity contribution in [3.63, 3.8) is 0 Å². The van der Waals surface area contributed by atoms with Crippen LogP contribution in [0.4, 0.5) is 0 Å². The molecule has 1 aromatic carbocycles. The lowest BCUT2D eigenvalue weighted by Gasteiger charge is -2.05. The number of carboxylic acid groups (broad SMARTS) is 1. The highest BCUT2D eigenvalue weighted by Gasteiger charge is 2.08. The molecule has 0 aromatic heterocycles. The molecule has 3 nitrogen and oxygen atoms in total. The first kappa shape index (κ1) is 10.7. The maximum atomic E-state index is 10.8. The van der Waals surface area contributed by atoms with Gasteiger partial charge in [0, 0.05) is 6.61 Å². The Morgan fingerprint density at radius 2 is 2.14 bits per heavy atom. The van der Waals surface area contributed by atoms with E-state index in [0.29, 0.717) is 18.4 Å². The molecule has 0 spiro atoms. The first-order valence-electron chi connectivity index (χ1n) is 4.59. The second-order valence-electron chi connectivity index (χ2n) is 3.29. The van der Waals surface area contributed by atoms with E-state index in [2.05, 4.69) is 0 Å².